The zero-order valence-electron chi connectivity index (χ0n) is 20.5. The molecule has 2 N–H and O–H groups in total. The summed E-state index contributed by atoms with van der Waals surface area (Å²) in [6, 6.07) is 21.1. The van der Waals surface area contributed by atoms with Gasteiger partial charge in [0.05, 0.1) is 13.5 Å². The highest BCUT2D eigenvalue weighted by Gasteiger charge is 2.21. The first-order valence-corrected chi connectivity index (χ1v) is 11.8. The van der Waals surface area contributed by atoms with Crippen LogP contribution in [-0.4, -0.2) is 50.1 Å². The third kappa shape index (κ3) is 6.32. The minimum Gasteiger partial charge on any atom is -0.497 e. The third-order valence-electron chi connectivity index (χ3n) is 6.27. The Morgan fingerprint density at radius 3 is 2.17 bits per heavy atom. The summed E-state index contributed by atoms with van der Waals surface area (Å²) in [7, 11) is 1.63. The molecule has 0 aromatic heterocycles. The topological polar surface area (TPSA) is 73.9 Å². The molecule has 0 radical (unpaired) electrons. The molecule has 0 aliphatic carbocycles. The highest BCUT2D eigenvalue weighted by atomic mass is 16.5. The molecular formula is C28H32N4O3. The predicted octanol–water partition coefficient (Wildman–Crippen LogP) is 4.85. The van der Waals surface area contributed by atoms with Crippen molar-refractivity contribution in [3.63, 3.8) is 0 Å². The van der Waals surface area contributed by atoms with Gasteiger partial charge in [0.15, 0.2) is 0 Å². The number of nitrogens with one attached hydrogen (secondary N) is 2. The van der Waals surface area contributed by atoms with E-state index in [2.05, 4.69) is 15.5 Å². The second kappa shape index (κ2) is 11.0. The van der Waals surface area contributed by atoms with Gasteiger partial charge in [-0.05, 0) is 67.4 Å². The fourth-order valence-corrected chi connectivity index (χ4v) is 4.24. The second-order valence-electron chi connectivity index (χ2n) is 8.84. The highest BCUT2D eigenvalue weighted by molar-refractivity contribution is 6.00. The largest absolute Gasteiger partial charge is 0.497 e. The van der Waals surface area contributed by atoms with Gasteiger partial charge in [-0.25, -0.2) is 4.79 Å². The molecule has 4 rings (SSSR count). The Labute approximate surface area is 206 Å². The first kappa shape index (κ1) is 24.1. The number of carbonyl (C=O) groups is 2. The molecule has 0 saturated carbocycles. The second-order valence-corrected chi connectivity index (χ2v) is 8.84. The molecule has 1 saturated heterocycles. The molecule has 1 heterocycles. The third-order valence-corrected chi connectivity index (χ3v) is 6.27. The number of methoxy groups -OCH3 is 1. The number of piperazine rings is 1. The van der Waals surface area contributed by atoms with Crippen molar-refractivity contribution in [2.75, 3.05) is 48.8 Å². The number of nitrogens with zero attached hydrogens (tertiary/aromatic N) is 2. The standard InChI is InChI=1S/C28H32N4O3/c1-20-4-13-26(21(2)18-20)30-28(34)29-23-7-9-24(10-8-23)31-14-16-32(17-15-31)27(33)19-22-5-11-25(35-3)12-6-22/h4-13,18H,14-17,19H2,1-3H3,(H2,29,30,34). The molecule has 0 spiro atoms. The Bertz CT molecular complexity index is 1170. The van der Waals surface area contributed by atoms with Crippen molar-refractivity contribution in [1.82, 2.24) is 4.90 Å². The maximum Gasteiger partial charge on any atom is 0.323 e. The van der Waals surface area contributed by atoms with Gasteiger partial charge in [0.2, 0.25) is 5.91 Å². The van der Waals surface area contributed by atoms with Crippen molar-refractivity contribution >= 4 is 29.0 Å². The number of amides is 3. The molecule has 3 aromatic rings. The monoisotopic (exact) mass is 472 g/mol. The van der Waals surface area contributed by atoms with Crippen LogP contribution in [0.25, 0.3) is 0 Å². The van der Waals surface area contributed by atoms with E-state index < -0.39 is 0 Å². The van der Waals surface area contributed by atoms with E-state index in [1.807, 2.05) is 85.5 Å². The summed E-state index contributed by atoms with van der Waals surface area (Å²) < 4.78 is 5.18. The number of hydrogen-bond acceptors (Lipinski definition) is 4. The Balaban J connectivity index is 1.26. The lowest BCUT2D eigenvalue weighted by Gasteiger charge is -2.36. The normalized spacial score (nSPS) is 13.3. The molecule has 0 atom stereocenters. The summed E-state index contributed by atoms with van der Waals surface area (Å²) >= 11 is 0. The summed E-state index contributed by atoms with van der Waals surface area (Å²) in [5.41, 5.74) is 5.77. The molecule has 0 bridgehead atoms. The maximum absolute atomic E-state index is 12.7. The summed E-state index contributed by atoms with van der Waals surface area (Å²) in [5, 5.41) is 5.78. The fraction of sp³-hybridized carbons (Fsp3) is 0.286. The number of aryl methyl sites for hydroxylation is 2. The first-order chi connectivity index (χ1) is 16.9. The quantitative estimate of drug-likeness (QED) is 0.538. The Morgan fingerprint density at radius 2 is 1.54 bits per heavy atom. The predicted molar refractivity (Wildman–Crippen MR) is 140 cm³/mol. The van der Waals surface area contributed by atoms with Gasteiger partial charge in [-0.2, -0.15) is 0 Å². The Kier molecular flexibility index (Phi) is 7.55. The zero-order chi connectivity index (χ0) is 24.8. The summed E-state index contributed by atoms with van der Waals surface area (Å²) in [6.45, 7) is 6.92. The number of hydrogen-bond donors (Lipinski definition) is 2. The van der Waals surface area contributed by atoms with Crippen LogP contribution in [0.1, 0.15) is 16.7 Å². The van der Waals surface area contributed by atoms with Gasteiger partial charge in [-0.15, -0.1) is 0 Å². The molecule has 7 nitrogen and oxygen atoms in total. The van der Waals surface area contributed by atoms with Crippen molar-refractivity contribution in [2.45, 2.75) is 20.3 Å². The molecular weight excluding hydrogens is 440 g/mol. The highest BCUT2D eigenvalue weighted by Crippen LogP contribution is 2.21. The molecule has 0 unspecified atom stereocenters. The summed E-state index contributed by atoms with van der Waals surface area (Å²) in [5.74, 6) is 0.933. The molecule has 3 aromatic carbocycles. The van der Waals surface area contributed by atoms with Crippen molar-refractivity contribution in [3.05, 3.63) is 83.4 Å². The number of benzene rings is 3. The van der Waals surface area contributed by atoms with E-state index in [0.717, 1.165) is 52.6 Å². The molecule has 35 heavy (non-hydrogen) atoms. The van der Waals surface area contributed by atoms with E-state index in [0.29, 0.717) is 19.5 Å². The van der Waals surface area contributed by atoms with E-state index in [1.165, 1.54) is 0 Å². The lowest BCUT2D eigenvalue weighted by Crippen LogP contribution is -2.49. The van der Waals surface area contributed by atoms with Crippen LogP contribution in [-0.2, 0) is 11.2 Å². The van der Waals surface area contributed by atoms with Crippen LogP contribution in [0.2, 0.25) is 0 Å². The van der Waals surface area contributed by atoms with Crippen molar-refractivity contribution in [1.29, 1.82) is 0 Å². The Morgan fingerprint density at radius 1 is 0.857 bits per heavy atom. The molecule has 182 valence electrons. The van der Waals surface area contributed by atoms with Crippen LogP contribution in [0, 0.1) is 13.8 Å². The smallest absolute Gasteiger partial charge is 0.323 e. The number of ether oxygens (including phenoxy) is 1. The van der Waals surface area contributed by atoms with Crippen LogP contribution in [0.3, 0.4) is 0 Å². The number of urea groups is 1. The lowest BCUT2D eigenvalue weighted by atomic mass is 10.1. The van der Waals surface area contributed by atoms with E-state index in [1.54, 1.807) is 7.11 Å². The van der Waals surface area contributed by atoms with Crippen LogP contribution in [0.4, 0.5) is 21.9 Å². The lowest BCUT2D eigenvalue weighted by molar-refractivity contribution is -0.130. The minimum absolute atomic E-state index is 0.143. The van der Waals surface area contributed by atoms with Gasteiger partial charge in [-0.3, -0.25) is 4.79 Å². The van der Waals surface area contributed by atoms with Crippen molar-refractivity contribution < 1.29 is 14.3 Å². The van der Waals surface area contributed by atoms with E-state index in [4.69, 9.17) is 4.74 Å². The van der Waals surface area contributed by atoms with Crippen LogP contribution < -0.4 is 20.3 Å². The summed E-state index contributed by atoms with van der Waals surface area (Å²) in [4.78, 5) is 29.3. The van der Waals surface area contributed by atoms with E-state index in [-0.39, 0.29) is 11.9 Å². The number of anilines is 3. The average molecular weight is 473 g/mol. The van der Waals surface area contributed by atoms with Crippen LogP contribution in [0.5, 0.6) is 5.75 Å². The minimum atomic E-state index is -0.270. The van der Waals surface area contributed by atoms with Gasteiger partial charge in [0, 0.05) is 43.2 Å². The molecule has 1 fully saturated rings. The van der Waals surface area contributed by atoms with E-state index >= 15 is 0 Å². The van der Waals surface area contributed by atoms with Crippen molar-refractivity contribution in [2.24, 2.45) is 0 Å². The van der Waals surface area contributed by atoms with Gasteiger partial charge in [0.25, 0.3) is 0 Å². The fourth-order valence-electron chi connectivity index (χ4n) is 4.24. The van der Waals surface area contributed by atoms with Crippen LogP contribution >= 0.6 is 0 Å². The molecule has 1 aliphatic rings. The maximum atomic E-state index is 12.7. The van der Waals surface area contributed by atoms with Gasteiger partial charge in [0.1, 0.15) is 5.75 Å². The first-order valence-electron chi connectivity index (χ1n) is 11.8. The number of rotatable bonds is 6. The molecule has 7 heteroatoms. The van der Waals surface area contributed by atoms with Gasteiger partial charge in [-0.1, -0.05) is 29.8 Å². The van der Waals surface area contributed by atoms with Crippen molar-refractivity contribution in [3.8, 4) is 5.75 Å². The summed E-state index contributed by atoms with van der Waals surface area (Å²) in [6.07, 6.45) is 0.397. The molecule has 1 aliphatic heterocycles. The van der Waals surface area contributed by atoms with Gasteiger partial charge >= 0.3 is 6.03 Å². The number of carbonyl (C=O) groups excluding carboxylic acids is 2. The Hall–Kier alpha value is -4.00. The average Bonchev–Trinajstić information content (AvgIpc) is 2.87. The van der Waals surface area contributed by atoms with Crippen LogP contribution in [0.15, 0.2) is 66.7 Å². The SMILES string of the molecule is COc1ccc(CC(=O)N2CCN(c3ccc(NC(=O)Nc4ccc(C)cc4C)cc3)CC2)cc1. The van der Waals surface area contributed by atoms with E-state index in [9.17, 15) is 9.59 Å². The van der Waals surface area contributed by atoms with Gasteiger partial charge < -0.3 is 25.2 Å². The zero-order valence-corrected chi connectivity index (χ0v) is 20.5. The molecule has 3 amide bonds.